The first-order valence-corrected chi connectivity index (χ1v) is 12.4. The number of aliphatic hydroxyl groups is 1. The minimum atomic E-state index is -0.899. The summed E-state index contributed by atoms with van der Waals surface area (Å²) < 4.78 is 0. The number of piperidine rings is 1. The van der Waals surface area contributed by atoms with Gasteiger partial charge in [-0.1, -0.05) is 67.4 Å². The number of carbonyl (C=O) groups is 1. The van der Waals surface area contributed by atoms with E-state index in [2.05, 4.69) is 19.6 Å². The summed E-state index contributed by atoms with van der Waals surface area (Å²) in [6, 6.07) is 15.4. The Labute approximate surface area is 208 Å². The van der Waals surface area contributed by atoms with Gasteiger partial charge in [-0.3, -0.25) is 4.79 Å². The summed E-state index contributed by atoms with van der Waals surface area (Å²) in [5, 5.41) is 12.0. The zero-order chi connectivity index (χ0) is 24.4. The van der Waals surface area contributed by atoms with Crippen LogP contribution in [0.2, 0.25) is 10.0 Å². The monoisotopic (exact) mass is 487 g/mol. The standard InChI is InChI=1S/C28H35Cl2NO2/c1-6-15-28(5)18-24(20-9-8-10-22(30)16-20)25(19-11-13-21(29)14-12-19)31(26(28)32)23(7-2)17-27(3,4)33/h6,8-14,16,23-25,33H,1,7,15,17-18H2,2-5H3/t23?,24-,25-,28+/m1/s1. The number of amides is 1. The van der Waals surface area contributed by atoms with Crippen molar-refractivity contribution >= 4 is 29.1 Å². The zero-order valence-corrected chi connectivity index (χ0v) is 21.5. The summed E-state index contributed by atoms with van der Waals surface area (Å²) in [5.41, 5.74) is 0.648. The molecule has 1 fully saturated rings. The lowest BCUT2D eigenvalue weighted by atomic mass is 9.66. The van der Waals surface area contributed by atoms with Gasteiger partial charge in [0.25, 0.3) is 0 Å². The van der Waals surface area contributed by atoms with Crippen molar-refractivity contribution < 1.29 is 9.90 Å². The molecule has 3 nitrogen and oxygen atoms in total. The Bertz CT molecular complexity index is 982. The summed E-state index contributed by atoms with van der Waals surface area (Å²) in [6.07, 6.45) is 4.34. The van der Waals surface area contributed by atoms with Crippen molar-refractivity contribution in [1.82, 2.24) is 4.90 Å². The number of allylic oxidation sites excluding steroid dienone is 1. The highest BCUT2D eigenvalue weighted by Crippen LogP contribution is 2.52. The molecule has 3 rings (SSSR count). The van der Waals surface area contributed by atoms with Gasteiger partial charge in [0.15, 0.2) is 0 Å². The van der Waals surface area contributed by atoms with Gasteiger partial charge in [-0.2, -0.15) is 0 Å². The van der Waals surface area contributed by atoms with Crippen molar-refractivity contribution in [2.75, 3.05) is 0 Å². The molecule has 2 aromatic rings. The highest BCUT2D eigenvalue weighted by Gasteiger charge is 2.51. The molecule has 5 heteroatoms. The van der Waals surface area contributed by atoms with Crippen LogP contribution in [0, 0.1) is 5.41 Å². The molecule has 1 amide bonds. The second-order valence-corrected chi connectivity index (χ2v) is 11.1. The Morgan fingerprint density at radius 3 is 2.39 bits per heavy atom. The van der Waals surface area contributed by atoms with Gasteiger partial charge in [-0.15, -0.1) is 6.58 Å². The van der Waals surface area contributed by atoms with Gasteiger partial charge in [0.1, 0.15) is 0 Å². The minimum absolute atomic E-state index is 0.0309. The van der Waals surface area contributed by atoms with Crippen LogP contribution in [-0.2, 0) is 4.79 Å². The Hall–Kier alpha value is -1.81. The number of benzene rings is 2. The number of likely N-dealkylation sites (tertiary alicyclic amines) is 1. The first kappa shape index (κ1) is 25.8. The van der Waals surface area contributed by atoms with Crippen LogP contribution >= 0.6 is 23.2 Å². The van der Waals surface area contributed by atoms with Gasteiger partial charge >= 0.3 is 0 Å². The van der Waals surface area contributed by atoms with Crippen molar-refractivity contribution in [3.63, 3.8) is 0 Å². The second kappa shape index (κ2) is 10.2. The van der Waals surface area contributed by atoms with Gasteiger partial charge < -0.3 is 10.0 Å². The summed E-state index contributed by atoms with van der Waals surface area (Å²) >= 11 is 12.6. The van der Waals surface area contributed by atoms with Gasteiger partial charge in [0.05, 0.1) is 17.1 Å². The van der Waals surface area contributed by atoms with Crippen molar-refractivity contribution in [3.8, 4) is 0 Å². The van der Waals surface area contributed by atoms with E-state index in [1.807, 2.05) is 60.4 Å². The third kappa shape index (κ3) is 5.82. The molecule has 1 aliphatic rings. The Kier molecular flexibility index (Phi) is 7.99. The van der Waals surface area contributed by atoms with E-state index in [1.165, 1.54) is 0 Å². The van der Waals surface area contributed by atoms with Crippen LogP contribution in [-0.4, -0.2) is 27.6 Å². The van der Waals surface area contributed by atoms with E-state index in [0.717, 1.165) is 17.5 Å². The van der Waals surface area contributed by atoms with Crippen LogP contribution in [0.5, 0.6) is 0 Å². The maximum absolute atomic E-state index is 14.2. The molecular weight excluding hydrogens is 453 g/mol. The predicted molar refractivity (Wildman–Crippen MR) is 138 cm³/mol. The lowest BCUT2D eigenvalue weighted by Crippen LogP contribution is -2.56. The maximum Gasteiger partial charge on any atom is 0.229 e. The number of carbonyl (C=O) groups excluding carboxylic acids is 1. The molecule has 0 radical (unpaired) electrons. The molecule has 1 N–H and O–H groups in total. The number of halogens is 2. The van der Waals surface area contributed by atoms with Crippen LogP contribution < -0.4 is 0 Å². The number of hydrogen-bond acceptors (Lipinski definition) is 2. The summed E-state index contributed by atoms with van der Waals surface area (Å²) in [4.78, 5) is 16.2. The van der Waals surface area contributed by atoms with E-state index in [4.69, 9.17) is 23.2 Å². The van der Waals surface area contributed by atoms with Crippen LogP contribution in [0.25, 0.3) is 0 Å². The van der Waals surface area contributed by atoms with Gasteiger partial charge in [-0.05, 0) is 74.9 Å². The maximum atomic E-state index is 14.2. The van der Waals surface area contributed by atoms with Gasteiger partial charge in [0.2, 0.25) is 5.91 Å². The quantitative estimate of drug-likeness (QED) is 0.389. The molecule has 1 aliphatic heterocycles. The van der Waals surface area contributed by atoms with Crippen molar-refractivity contribution in [2.24, 2.45) is 5.41 Å². The fraction of sp³-hybridized carbons (Fsp3) is 0.464. The molecule has 0 aliphatic carbocycles. The lowest BCUT2D eigenvalue weighted by Gasteiger charge is -2.52. The Balaban J connectivity index is 2.23. The molecule has 1 unspecified atom stereocenters. The summed E-state index contributed by atoms with van der Waals surface area (Å²) in [6.45, 7) is 11.7. The first-order valence-electron chi connectivity index (χ1n) is 11.7. The first-order chi connectivity index (χ1) is 15.5. The summed E-state index contributed by atoms with van der Waals surface area (Å²) in [5.74, 6) is 0.139. The molecule has 2 aromatic carbocycles. The van der Waals surface area contributed by atoms with E-state index in [1.54, 1.807) is 13.8 Å². The molecule has 4 atom stereocenters. The number of rotatable bonds is 8. The molecule has 0 spiro atoms. The van der Waals surface area contributed by atoms with E-state index in [0.29, 0.717) is 29.3 Å². The largest absolute Gasteiger partial charge is 0.390 e. The van der Waals surface area contributed by atoms with E-state index in [9.17, 15) is 9.90 Å². The Morgan fingerprint density at radius 1 is 1.18 bits per heavy atom. The number of hydrogen-bond donors (Lipinski definition) is 1. The van der Waals surface area contributed by atoms with E-state index < -0.39 is 11.0 Å². The van der Waals surface area contributed by atoms with Gasteiger partial charge in [-0.25, -0.2) is 0 Å². The molecular formula is C28H35Cl2NO2. The molecule has 1 saturated heterocycles. The Morgan fingerprint density at radius 2 is 1.85 bits per heavy atom. The molecule has 33 heavy (non-hydrogen) atoms. The van der Waals surface area contributed by atoms with Crippen molar-refractivity contribution in [1.29, 1.82) is 0 Å². The average Bonchev–Trinajstić information content (AvgIpc) is 2.74. The van der Waals surface area contributed by atoms with Crippen LogP contribution in [0.3, 0.4) is 0 Å². The second-order valence-electron chi connectivity index (χ2n) is 10.2. The molecule has 1 heterocycles. The highest BCUT2D eigenvalue weighted by molar-refractivity contribution is 6.30. The van der Waals surface area contributed by atoms with E-state index >= 15 is 0 Å². The SMILES string of the molecule is C=CC[C@@]1(C)C[C@H](c2cccc(Cl)c2)[C@@H](c2ccc(Cl)cc2)N(C(CC)CC(C)(C)O)C1=O. The van der Waals surface area contributed by atoms with Crippen LogP contribution in [0.1, 0.15) is 76.5 Å². The summed E-state index contributed by atoms with van der Waals surface area (Å²) in [7, 11) is 0. The molecule has 0 bridgehead atoms. The lowest BCUT2D eigenvalue weighted by molar-refractivity contribution is -0.156. The number of nitrogens with zero attached hydrogens (tertiary/aromatic N) is 1. The smallest absolute Gasteiger partial charge is 0.229 e. The fourth-order valence-corrected chi connectivity index (χ4v) is 5.63. The van der Waals surface area contributed by atoms with Crippen molar-refractivity contribution in [3.05, 3.63) is 82.4 Å². The van der Waals surface area contributed by atoms with Crippen molar-refractivity contribution in [2.45, 2.75) is 77.0 Å². The van der Waals surface area contributed by atoms with Gasteiger partial charge in [0, 0.05) is 22.0 Å². The normalized spacial score (nSPS) is 24.6. The van der Waals surface area contributed by atoms with Crippen LogP contribution in [0.15, 0.2) is 61.2 Å². The van der Waals surface area contributed by atoms with Crippen LogP contribution in [0.4, 0.5) is 0 Å². The zero-order valence-electron chi connectivity index (χ0n) is 20.0. The third-order valence-corrected chi connectivity index (χ3v) is 7.27. The molecule has 0 aromatic heterocycles. The topological polar surface area (TPSA) is 40.5 Å². The predicted octanol–water partition coefficient (Wildman–Crippen LogP) is 7.57. The molecule has 0 saturated carbocycles. The fourth-order valence-electron chi connectivity index (χ4n) is 5.30. The highest BCUT2D eigenvalue weighted by atomic mass is 35.5. The third-order valence-electron chi connectivity index (χ3n) is 6.79. The average molecular weight is 488 g/mol. The van der Waals surface area contributed by atoms with E-state index in [-0.39, 0.29) is 23.9 Å². The minimum Gasteiger partial charge on any atom is -0.390 e. The molecule has 178 valence electrons.